The summed E-state index contributed by atoms with van der Waals surface area (Å²) < 4.78 is 11.4. The van der Waals surface area contributed by atoms with Crippen molar-refractivity contribution in [1.82, 2.24) is 29.9 Å². The summed E-state index contributed by atoms with van der Waals surface area (Å²) in [5, 5.41) is 15.2. The Morgan fingerprint density at radius 1 is 0.657 bits per heavy atom. The Kier molecular flexibility index (Phi) is 7.40. The summed E-state index contributed by atoms with van der Waals surface area (Å²) in [5.74, 6) is 5.40. The van der Waals surface area contributed by atoms with Crippen molar-refractivity contribution >= 4 is 35.7 Å². The normalized spacial score (nSPS) is 10.7. The quantitative estimate of drug-likeness (QED) is 0.173. The third-order valence-electron chi connectivity index (χ3n) is 4.74. The summed E-state index contributed by atoms with van der Waals surface area (Å²) in [6.45, 7) is 3.31. The van der Waals surface area contributed by atoms with Crippen molar-refractivity contribution in [3.8, 4) is 0 Å². The molecule has 4 aromatic rings. The van der Waals surface area contributed by atoms with E-state index in [1.807, 2.05) is 31.2 Å². The highest BCUT2D eigenvalue weighted by Gasteiger charge is 2.09. The molecule has 0 aliphatic rings. The summed E-state index contributed by atoms with van der Waals surface area (Å²) >= 11 is 0. The smallest absolute Gasteiger partial charge is 0.229 e. The topological polar surface area (TPSA) is 190 Å². The van der Waals surface area contributed by atoms with Crippen LogP contribution in [0.1, 0.15) is 23.0 Å². The van der Waals surface area contributed by atoms with Gasteiger partial charge in [-0.2, -0.15) is 29.9 Å². The fourth-order valence-corrected chi connectivity index (χ4v) is 3.09. The molecule has 0 fully saturated rings. The van der Waals surface area contributed by atoms with E-state index in [0.717, 1.165) is 23.0 Å². The zero-order chi connectivity index (χ0) is 24.6. The lowest BCUT2D eigenvalue weighted by Gasteiger charge is -2.08. The van der Waals surface area contributed by atoms with Gasteiger partial charge in [0.25, 0.3) is 0 Å². The number of nitrogens with two attached hydrogens (primary N) is 1. The number of nitrogens with zero attached hydrogens (tertiary/aromatic N) is 6. The number of hydrogen-bond acceptors (Lipinski definition) is 14. The molecule has 184 valence electrons. The van der Waals surface area contributed by atoms with Gasteiger partial charge in [-0.25, -0.2) is 0 Å². The van der Waals surface area contributed by atoms with Gasteiger partial charge in [-0.3, -0.25) is 0 Å². The van der Waals surface area contributed by atoms with E-state index >= 15 is 0 Å². The average Bonchev–Trinajstić information content (AvgIpc) is 3.49. The highest BCUT2D eigenvalue weighted by atomic mass is 16.3. The number of anilines is 6. The van der Waals surface area contributed by atoms with Crippen LogP contribution in [0.2, 0.25) is 0 Å². The SMILES string of the molecule is CNc1nc(NC)nc(NCc2ccc(CCNc3nc(N)nc(NCc4ccc(C)o4)n3)o2)n1. The fourth-order valence-electron chi connectivity index (χ4n) is 3.09. The third kappa shape index (κ3) is 6.69. The van der Waals surface area contributed by atoms with Gasteiger partial charge in [0, 0.05) is 27.1 Å². The van der Waals surface area contributed by atoms with Crippen molar-refractivity contribution < 1.29 is 8.83 Å². The minimum absolute atomic E-state index is 0.119. The van der Waals surface area contributed by atoms with Crippen molar-refractivity contribution in [2.24, 2.45) is 0 Å². The van der Waals surface area contributed by atoms with E-state index in [1.165, 1.54) is 0 Å². The number of hydrogen-bond donors (Lipinski definition) is 6. The third-order valence-corrected chi connectivity index (χ3v) is 4.74. The Bertz CT molecular complexity index is 1230. The molecule has 0 unspecified atom stereocenters. The number of aryl methyl sites for hydroxylation is 1. The first kappa shape index (κ1) is 23.5. The van der Waals surface area contributed by atoms with E-state index < -0.39 is 0 Å². The summed E-state index contributed by atoms with van der Waals surface area (Å²) in [4.78, 5) is 25.3. The van der Waals surface area contributed by atoms with E-state index in [4.69, 9.17) is 14.6 Å². The van der Waals surface area contributed by atoms with Gasteiger partial charge < -0.3 is 41.2 Å². The minimum Gasteiger partial charge on any atom is -0.465 e. The second-order valence-corrected chi connectivity index (χ2v) is 7.41. The van der Waals surface area contributed by atoms with Crippen molar-refractivity contribution in [2.45, 2.75) is 26.4 Å². The summed E-state index contributed by atoms with van der Waals surface area (Å²) in [6, 6.07) is 7.61. The van der Waals surface area contributed by atoms with E-state index in [9.17, 15) is 0 Å². The van der Waals surface area contributed by atoms with Crippen LogP contribution in [-0.2, 0) is 19.5 Å². The molecule has 4 rings (SSSR count). The highest BCUT2D eigenvalue weighted by molar-refractivity contribution is 5.42. The lowest BCUT2D eigenvalue weighted by Crippen LogP contribution is -2.12. The second kappa shape index (κ2) is 11.0. The fraction of sp³-hybridized carbons (Fsp3) is 0.333. The van der Waals surface area contributed by atoms with Gasteiger partial charge in [0.15, 0.2) is 0 Å². The molecular weight excluding hydrogens is 452 g/mol. The molecule has 0 spiro atoms. The molecule has 0 aromatic carbocycles. The number of nitrogen functional groups attached to an aromatic ring is 1. The van der Waals surface area contributed by atoms with Crippen LogP contribution in [-0.4, -0.2) is 50.5 Å². The van der Waals surface area contributed by atoms with Crippen LogP contribution in [0.4, 0.5) is 35.7 Å². The monoisotopic (exact) mass is 480 g/mol. The number of rotatable bonds is 12. The summed E-state index contributed by atoms with van der Waals surface area (Å²) in [7, 11) is 3.49. The van der Waals surface area contributed by atoms with Gasteiger partial charge in [0.1, 0.15) is 23.0 Å². The molecule has 0 aliphatic heterocycles. The molecule has 0 amide bonds. The standard InChI is InChI=1S/C21H28N12O2/c1-12-4-5-14(34-12)10-26-20-29-16(22)28-19(33-20)25-9-8-13-6-7-15(35-13)11-27-21-31-17(23-2)30-18(24-3)32-21/h4-7H,8-11H2,1-3H3,(H4,22,25,26,28,29,33)(H3,23,24,27,30,31,32). The Morgan fingerprint density at radius 3 is 1.80 bits per heavy atom. The molecule has 0 saturated heterocycles. The van der Waals surface area contributed by atoms with Crippen LogP contribution in [0.25, 0.3) is 0 Å². The number of nitrogens with one attached hydrogen (secondary N) is 5. The molecule has 0 atom stereocenters. The van der Waals surface area contributed by atoms with Crippen LogP contribution < -0.4 is 32.3 Å². The first-order valence-corrected chi connectivity index (χ1v) is 11.0. The van der Waals surface area contributed by atoms with E-state index in [2.05, 4.69) is 56.5 Å². The predicted octanol–water partition coefficient (Wildman–Crippen LogP) is 2.10. The molecule has 0 aliphatic carbocycles. The molecule has 14 heteroatoms. The van der Waals surface area contributed by atoms with Gasteiger partial charge >= 0.3 is 0 Å². The molecule has 0 saturated carbocycles. The largest absolute Gasteiger partial charge is 0.465 e. The molecule has 4 heterocycles. The Hall–Kier alpha value is -4.62. The van der Waals surface area contributed by atoms with Crippen molar-refractivity contribution in [2.75, 3.05) is 53.0 Å². The average molecular weight is 481 g/mol. The molecule has 0 radical (unpaired) electrons. The molecule has 7 N–H and O–H groups in total. The number of aromatic nitrogens is 6. The van der Waals surface area contributed by atoms with Crippen LogP contribution in [0, 0.1) is 6.92 Å². The van der Waals surface area contributed by atoms with Gasteiger partial charge in [0.2, 0.25) is 35.7 Å². The molecular formula is C21H28N12O2. The van der Waals surface area contributed by atoms with Crippen molar-refractivity contribution in [3.63, 3.8) is 0 Å². The highest BCUT2D eigenvalue weighted by Crippen LogP contribution is 2.14. The van der Waals surface area contributed by atoms with Crippen LogP contribution in [0.15, 0.2) is 33.1 Å². The molecule has 14 nitrogen and oxygen atoms in total. The first-order chi connectivity index (χ1) is 17.0. The van der Waals surface area contributed by atoms with Gasteiger partial charge in [-0.1, -0.05) is 0 Å². The molecule has 4 aromatic heterocycles. The van der Waals surface area contributed by atoms with Crippen molar-refractivity contribution in [1.29, 1.82) is 0 Å². The molecule has 35 heavy (non-hydrogen) atoms. The predicted molar refractivity (Wildman–Crippen MR) is 132 cm³/mol. The summed E-state index contributed by atoms with van der Waals surface area (Å²) in [5.41, 5.74) is 5.82. The Morgan fingerprint density at radius 2 is 1.17 bits per heavy atom. The Balaban J connectivity index is 1.26. The first-order valence-electron chi connectivity index (χ1n) is 11.0. The minimum atomic E-state index is 0.119. The number of furan rings is 2. The van der Waals surface area contributed by atoms with Crippen LogP contribution >= 0.6 is 0 Å². The zero-order valence-electron chi connectivity index (χ0n) is 19.7. The van der Waals surface area contributed by atoms with Gasteiger partial charge in [0.05, 0.1) is 13.1 Å². The van der Waals surface area contributed by atoms with Crippen LogP contribution in [0.3, 0.4) is 0 Å². The van der Waals surface area contributed by atoms with E-state index in [1.54, 1.807) is 14.1 Å². The van der Waals surface area contributed by atoms with Gasteiger partial charge in [-0.15, -0.1) is 0 Å². The maximum Gasteiger partial charge on any atom is 0.229 e. The van der Waals surface area contributed by atoms with E-state index in [-0.39, 0.29) is 5.95 Å². The van der Waals surface area contributed by atoms with E-state index in [0.29, 0.717) is 55.8 Å². The lowest BCUT2D eigenvalue weighted by atomic mass is 10.3. The van der Waals surface area contributed by atoms with Crippen LogP contribution in [0.5, 0.6) is 0 Å². The summed E-state index contributed by atoms with van der Waals surface area (Å²) in [6.07, 6.45) is 0.625. The Labute approximate surface area is 201 Å². The maximum atomic E-state index is 5.89. The molecule has 0 bridgehead atoms. The second-order valence-electron chi connectivity index (χ2n) is 7.41. The van der Waals surface area contributed by atoms with Gasteiger partial charge in [-0.05, 0) is 31.2 Å². The van der Waals surface area contributed by atoms with Crippen molar-refractivity contribution in [3.05, 3.63) is 47.3 Å². The lowest BCUT2D eigenvalue weighted by molar-refractivity contribution is 0.473. The zero-order valence-corrected chi connectivity index (χ0v) is 19.7. The maximum absolute atomic E-state index is 5.89.